The topological polar surface area (TPSA) is 91.7 Å². The van der Waals surface area contributed by atoms with E-state index in [0.29, 0.717) is 0 Å². The summed E-state index contributed by atoms with van der Waals surface area (Å²) in [6, 6.07) is 0. The Bertz CT molecular complexity index is 320. The normalized spacial score (nSPS) is 38.5. The molecule has 0 bridgehead atoms. The van der Waals surface area contributed by atoms with Gasteiger partial charge in [0.25, 0.3) is 0 Å². The number of carboxylic acid groups (broad SMARTS) is 1. The van der Waals surface area contributed by atoms with Crippen molar-refractivity contribution in [2.75, 3.05) is 11.5 Å². The Morgan fingerprint density at radius 1 is 1.54 bits per heavy atom. The van der Waals surface area contributed by atoms with Gasteiger partial charge in [0, 0.05) is 0 Å². The molecule has 76 valence electrons. The van der Waals surface area contributed by atoms with Crippen molar-refractivity contribution in [3.05, 3.63) is 0 Å². The maximum absolute atomic E-state index is 11.0. The highest BCUT2D eigenvalue weighted by Crippen LogP contribution is 2.32. The van der Waals surface area contributed by atoms with Crippen LogP contribution in [0.3, 0.4) is 0 Å². The summed E-state index contributed by atoms with van der Waals surface area (Å²) in [6.07, 6.45) is -1.32. The lowest BCUT2D eigenvalue weighted by Crippen LogP contribution is -2.49. The molecule has 0 aromatic carbocycles. The van der Waals surface area contributed by atoms with Gasteiger partial charge < -0.3 is 10.2 Å². The van der Waals surface area contributed by atoms with Gasteiger partial charge in [0.15, 0.2) is 9.84 Å². The van der Waals surface area contributed by atoms with Crippen molar-refractivity contribution in [2.45, 2.75) is 19.4 Å². The Labute approximate surface area is 76.3 Å². The Kier molecular flexibility index (Phi) is 2.38. The largest absolute Gasteiger partial charge is 0.481 e. The van der Waals surface area contributed by atoms with Crippen molar-refractivity contribution in [2.24, 2.45) is 5.41 Å². The molecule has 2 N–H and O–H groups in total. The van der Waals surface area contributed by atoms with E-state index in [4.69, 9.17) is 5.11 Å². The van der Waals surface area contributed by atoms with E-state index in [0.717, 1.165) is 0 Å². The van der Waals surface area contributed by atoms with E-state index in [1.54, 1.807) is 0 Å². The Morgan fingerprint density at radius 2 is 2.08 bits per heavy atom. The van der Waals surface area contributed by atoms with Gasteiger partial charge in [-0.1, -0.05) is 0 Å². The van der Waals surface area contributed by atoms with Crippen LogP contribution < -0.4 is 0 Å². The Balaban J connectivity index is 2.92. The zero-order chi connectivity index (χ0) is 10.3. The molecule has 5 nitrogen and oxygen atoms in total. The quantitative estimate of drug-likeness (QED) is 0.592. The highest BCUT2D eigenvalue weighted by molar-refractivity contribution is 7.91. The van der Waals surface area contributed by atoms with E-state index in [9.17, 15) is 18.3 Å². The molecule has 0 spiro atoms. The Hall–Kier alpha value is -0.620. The number of aliphatic carboxylic acids is 1. The first-order chi connectivity index (χ1) is 5.78. The van der Waals surface area contributed by atoms with Crippen molar-refractivity contribution in [1.82, 2.24) is 0 Å². The third-order valence-electron chi connectivity index (χ3n) is 2.57. The van der Waals surface area contributed by atoms with Gasteiger partial charge in [-0.15, -0.1) is 0 Å². The fourth-order valence-corrected chi connectivity index (χ4v) is 3.04. The zero-order valence-electron chi connectivity index (χ0n) is 7.23. The van der Waals surface area contributed by atoms with E-state index in [1.165, 1.54) is 6.92 Å². The van der Waals surface area contributed by atoms with Crippen LogP contribution in [0.4, 0.5) is 0 Å². The number of aliphatic hydroxyl groups excluding tert-OH is 1. The standard InChI is InChI=1S/C7H12O5S/c1-7(6(9)10)2-3-13(11,12)4-5(7)8/h5,8H,2-4H2,1H3,(H,9,10). The fourth-order valence-electron chi connectivity index (χ4n) is 1.29. The number of hydrogen-bond donors (Lipinski definition) is 2. The minimum Gasteiger partial charge on any atom is -0.481 e. The summed E-state index contributed by atoms with van der Waals surface area (Å²) in [4.78, 5) is 10.7. The van der Waals surface area contributed by atoms with Gasteiger partial charge in [-0.3, -0.25) is 4.79 Å². The number of sulfone groups is 1. The predicted octanol–water partition coefficient (Wildman–Crippen LogP) is -0.743. The van der Waals surface area contributed by atoms with Crippen LogP contribution in [-0.2, 0) is 14.6 Å². The van der Waals surface area contributed by atoms with E-state index >= 15 is 0 Å². The van der Waals surface area contributed by atoms with Gasteiger partial charge >= 0.3 is 5.97 Å². The van der Waals surface area contributed by atoms with Gasteiger partial charge in [0.05, 0.1) is 23.0 Å². The molecular weight excluding hydrogens is 196 g/mol. The molecule has 6 heteroatoms. The smallest absolute Gasteiger partial charge is 0.312 e. The summed E-state index contributed by atoms with van der Waals surface area (Å²) in [6.45, 7) is 1.37. The number of carbonyl (C=O) groups is 1. The van der Waals surface area contributed by atoms with Gasteiger partial charge in [0.1, 0.15) is 0 Å². The number of aliphatic hydroxyl groups is 1. The summed E-state index contributed by atoms with van der Waals surface area (Å²) in [5.41, 5.74) is -1.31. The first-order valence-electron chi connectivity index (χ1n) is 3.90. The van der Waals surface area contributed by atoms with Crippen molar-refractivity contribution in [1.29, 1.82) is 0 Å². The predicted molar refractivity (Wildman–Crippen MR) is 45.0 cm³/mol. The molecule has 1 rings (SSSR count). The molecule has 2 unspecified atom stereocenters. The molecule has 0 aromatic heterocycles. The van der Waals surface area contributed by atoms with Gasteiger partial charge in [-0.05, 0) is 13.3 Å². The molecule has 0 amide bonds. The van der Waals surface area contributed by atoms with Crippen molar-refractivity contribution < 1.29 is 23.4 Å². The summed E-state index contributed by atoms with van der Waals surface area (Å²) in [5.74, 6) is -1.75. The Morgan fingerprint density at radius 3 is 2.46 bits per heavy atom. The van der Waals surface area contributed by atoms with E-state index in [-0.39, 0.29) is 12.2 Å². The second-order valence-corrected chi connectivity index (χ2v) is 5.83. The maximum atomic E-state index is 11.0. The monoisotopic (exact) mass is 208 g/mol. The molecule has 1 saturated heterocycles. The molecule has 2 atom stereocenters. The average molecular weight is 208 g/mol. The van der Waals surface area contributed by atoms with Crippen LogP contribution in [-0.4, -0.2) is 42.2 Å². The molecule has 0 aromatic rings. The number of rotatable bonds is 1. The van der Waals surface area contributed by atoms with E-state index < -0.39 is 33.1 Å². The molecule has 0 saturated carbocycles. The highest BCUT2D eigenvalue weighted by atomic mass is 32.2. The van der Waals surface area contributed by atoms with Crippen LogP contribution in [0.1, 0.15) is 13.3 Å². The molecule has 1 aliphatic heterocycles. The third kappa shape index (κ3) is 1.83. The molecule has 1 aliphatic rings. The molecule has 1 heterocycles. The third-order valence-corrected chi connectivity index (χ3v) is 4.22. The molecule has 0 aliphatic carbocycles. The van der Waals surface area contributed by atoms with E-state index in [1.807, 2.05) is 0 Å². The van der Waals surface area contributed by atoms with Crippen LogP contribution in [0, 0.1) is 5.41 Å². The minimum absolute atomic E-state index is 0.0220. The lowest BCUT2D eigenvalue weighted by molar-refractivity contribution is -0.154. The maximum Gasteiger partial charge on any atom is 0.312 e. The summed E-state index contributed by atoms with van der Waals surface area (Å²) in [5, 5.41) is 18.2. The van der Waals surface area contributed by atoms with E-state index in [2.05, 4.69) is 0 Å². The first-order valence-corrected chi connectivity index (χ1v) is 5.72. The first kappa shape index (κ1) is 10.5. The lowest BCUT2D eigenvalue weighted by atomic mass is 9.82. The number of carboxylic acids is 1. The lowest BCUT2D eigenvalue weighted by Gasteiger charge is -2.33. The molecular formula is C7H12O5S. The molecule has 1 fully saturated rings. The van der Waals surface area contributed by atoms with Gasteiger partial charge in [0.2, 0.25) is 0 Å². The summed E-state index contributed by atoms with van der Waals surface area (Å²) < 4.78 is 22.0. The van der Waals surface area contributed by atoms with Crippen LogP contribution in [0.25, 0.3) is 0 Å². The summed E-state index contributed by atoms with van der Waals surface area (Å²) >= 11 is 0. The fraction of sp³-hybridized carbons (Fsp3) is 0.857. The number of hydrogen-bond acceptors (Lipinski definition) is 4. The second-order valence-electron chi connectivity index (χ2n) is 3.60. The van der Waals surface area contributed by atoms with Crippen LogP contribution in [0.15, 0.2) is 0 Å². The van der Waals surface area contributed by atoms with Crippen molar-refractivity contribution >= 4 is 15.8 Å². The van der Waals surface area contributed by atoms with Gasteiger partial charge in [-0.25, -0.2) is 8.42 Å². The van der Waals surface area contributed by atoms with Crippen molar-refractivity contribution in [3.8, 4) is 0 Å². The highest BCUT2D eigenvalue weighted by Gasteiger charge is 2.46. The summed E-state index contributed by atoms with van der Waals surface area (Å²) in [7, 11) is -3.25. The van der Waals surface area contributed by atoms with Gasteiger partial charge in [-0.2, -0.15) is 0 Å². The van der Waals surface area contributed by atoms with Crippen LogP contribution in [0.2, 0.25) is 0 Å². The van der Waals surface area contributed by atoms with Crippen molar-refractivity contribution in [3.63, 3.8) is 0 Å². The van der Waals surface area contributed by atoms with Crippen LogP contribution >= 0.6 is 0 Å². The molecule has 0 radical (unpaired) electrons. The second kappa shape index (κ2) is 2.95. The molecule has 13 heavy (non-hydrogen) atoms. The average Bonchev–Trinajstić information content (AvgIpc) is 1.96. The SMILES string of the molecule is CC1(C(=O)O)CCS(=O)(=O)CC1O. The minimum atomic E-state index is -3.25. The van der Waals surface area contributed by atoms with Crippen LogP contribution in [0.5, 0.6) is 0 Å². The zero-order valence-corrected chi connectivity index (χ0v) is 8.04.